The van der Waals surface area contributed by atoms with E-state index < -0.39 is 18.2 Å². The number of carbonyl (C=O) groups is 1. The van der Waals surface area contributed by atoms with E-state index in [1.54, 1.807) is 0 Å². The van der Waals surface area contributed by atoms with Crippen LogP contribution in [0.3, 0.4) is 0 Å². The van der Waals surface area contributed by atoms with Crippen molar-refractivity contribution in [2.75, 3.05) is 0 Å². The minimum absolute atomic E-state index is 0.0235. The van der Waals surface area contributed by atoms with Crippen molar-refractivity contribution in [3.8, 4) is 0 Å². The minimum Gasteiger partial charge on any atom is -0.459 e. The van der Waals surface area contributed by atoms with Crippen molar-refractivity contribution in [1.82, 2.24) is 0 Å². The zero-order valence-corrected chi connectivity index (χ0v) is 15.0. The average Bonchev–Trinajstić information content (AvgIpc) is 2.48. The van der Waals surface area contributed by atoms with Crippen LogP contribution in [0.15, 0.2) is 35.5 Å². The highest BCUT2D eigenvalue weighted by atomic mass is 16.5. The van der Waals surface area contributed by atoms with Crippen molar-refractivity contribution < 1.29 is 19.7 Å². The number of aliphatic hydroxyl groups is 2. The molecule has 1 aliphatic carbocycles. The Morgan fingerprint density at radius 1 is 1.21 bits per heavy atom. The molecule has 134 valence electrons. The van der Waals surface area contributed by atoms with Crippen LogP contribution in [-0.4, -0.2) is 34.5 Å². The molecule has 0 aromatic rings. The zero-order valence-electron chi connectivity index (χ0n) is 15.0. The van der Waals surface area contributed by atoms with Crippen LogP contribution in [-0.2, 0) is 9.53 Å². The number of fused-ring (bicyclic) bond motifs is 2. The largest absolute Gasteiger partial charge is 0.459 e. The maximum absolute atomic E-state index is 12.1. The van der Waals surface area contributed by atoms with Crippen LogP contribution in [0.5, 0.6) is 0 Å². The van der Waals surface area contributed by atoms with E-state index in [1.807, 2.05) is 26.8 Å². The summed E-state index contributed by atoms with van der Waals surface area (Å²) in [5.41, 5.74) is 2.63. The zero-order chi connectivity index (χ0) is 17.9. The fourth-order valence-electron chi connectivity index (χ4n) is 3.66. The molecular formula is C20H30O4. The third-order valence-corrected chi connectivity index (χ3v) is 5.21. The summed E-state index contributed by atoms with van der Waals surface area (Å²) < 4.78 is 5.50. The minimum atomic E-state index is -0.624. The van der Waals surface area contributed by atoms with Gasteiger partial charge in [0.1, 0.15) is 6.10 Å². The van der Waals surface area contributed by atoms with Gasteiger partial charge in [-0.15, -0.1) is 0 Å². The highest BCUT2D eigenvalue weighted by molar-refractivity contribution is 5.89. The molecule has 2 aliphatic rings. The predicted octanol–water partition coefficient (Wildman–Crippen LogP) is 3.30. The smallest absolute Gasteiger partial charge is 0.334 e. The quantitative estimate of drug-likeness (QED) is 0.405. The van der Waals surface area contributed by atoms with E-state index >= 15 is 0 Å². The highest BCUT2D eigenvalue weighted by Gasteiger charge is 2.38. The second-order valence-electron chi connectivity index (χ2n) is 7.47. The van der Waals surface area contributed by atoms with Crippen molar-refractivity contribution >= 4 is 5.97 Å². The lowest BCUT2D eigenvalue weighted by Crippen LogP contribution is -2.40. The SMILES string of the molecule is C=C1C(=O)OC2CC1C(O)C/C(C)=C/CC/C(C)=C/C(O)CC2C. The molecule has 5 unspecified atom stereocenters. The van der Waals surface area contributed by atoms with Crippen LogP contribution < -0.4 is 0 Å². The lowest BCUT2D eigenvalue weighted by molar-refractivity contribution is -0.155. The van der Waals surface area contributed by atoms with Gasteiger partial charge >= 0.3 is 5.97 Å². The van der Waals surface area contributed by atoms with E-state index in [4.69, 9.17) is 4.74 Å². The van der Waals surface area contributed by atoms with Gasteiger partial charge in [-0.1, -0.05) is 36.8 Å². The molecule has 1 saturated heterocycles. The molecule has 0 radical (unpaired) electrons. The Balaban J connectivity index is 2.26. The van der Waals surface area contributed by atoms with Gasteiger partial charge in [-0.2, -0.15) is 0 Å². The Kier molecular flexibility index (Phi) is 6.41. The third-order valence-electron chi connectivity index (χ3n) is 5.21. The first kappa shape index (κ1) is 18.9. The first-order valence-electron chi connectivity index (χ1n) is 8.86. The summed E-state index contributed by atoms with van der Waals surface area (Å²) in [7, 11) is 0. The van der Waals surface area contributed by atoms with Crippen LogP contribution in [0.25, 0.3) is 0 Å². The predicted molar refractivity (Wildman–Crippen MR) is 94.3 cm³/mol. The van der Waals surface area contributed by atoms with Gasteiger partial charge in [0.15, 0.2) is 0 Å². The van der Waals surface area contributed by atoms with Crippen molar-refractivity contribution in [1.29, 1.82) is 0 Å². The number of ether oxygens (including phenoxy) is 1. The Hall–Kier alpha value is -1.39. The standard InChI is InChI=1S/C20H30O4/c1-12-6-5-7-13(2)9-18(22)17-11-19(24-20(23)15(17)4)14(3)10-16(21)8-12/h7-8,14,16-19,21-22H,4-6,9-11H2,1-3H3/b12-8+,13-7+. The molecule has 24 heavy (non-hydrogen) atoms. The normalized spacial score (nSPS) is 40.6. The van der Waals surface area contributed by atoms with Crippen molar-refractivity contribution in [3.63, 3.8) is 0 Å². The second kappa shape index (κ2) is 8.13. The number of aliphatic hydroxyl groups excluding tert-OH is 2. The molecule has 0 aromatic heterocycles. The van der Waals surface area contributed by atoms with Gasteiger partial charge in [0.05, 0.1) is 12.2 Å². The fourth-order valence-corrected chi connectivity index (χ4v) is 3.66. The number of carbonyl (C=O) groups excluding carboxylic acids is 1. The average molecular weight is 334 g/mol. The first-order chi connectivity index (χ1) is 11.3. The molecule has 0 spiro atoms. The van der Waals surface area contributed by atoms with Gasteiger partial charge in [0, 0.05) is 11.5 Å². The lowest BCUT2D eigenvalue weighted by Gasteiger charge is -2.36. The highest BCUT2D eigenvalue weighted by Crippen LogP contribution is 2.34. The Labute approximate surface area is 144 Å². The number of hydrogen-bond donors (Lipinski definition) is 2. The van der Waals surface area contributed by atoms with E-state index in [-0.39, 0.29) is 17.9 Å². The monoisotopic (exact) mass is 334 g/mol. The summed E-state index contributed by atoms with van der Waals surface area (Å²) in [6.07, 6.45) is 6.01. The van der Waals surface area contributed by atoms with E-state index in [9.17, 15) is 15.0 Å². The molecule has 0 aromatic carbocycles. The molecule has 2 N–H and O–H groups in total. The van der Waals surface area contributed by atoms with Crippen LogP contribution in [0.4, 0.5) is 0 Å². The molecule has 0 amide bonds. The number of esters is 1. The van der Waals surface area contributed by atoms with Gasteiger partial charge in [0.25, 0.3) is 0 Å². The molecule has 1 heterocycles. The summed E-state index contributed by atoms with van der Waals surface area (Å²) in [6, 6.07) is 0. The molecule has 1 aliphatic heterocycles. The molecule has 2 rings (SSSR count). The van der Waals surface area contributed by atoms with Crippen molar-refractivity contribution in [2.45, 2.75) is 71.2 Å². The second-order valence-corrected chi connectivity index (χ2v) is 7.47. The molecule has 1 fully saturated rings. The van der Waals surface area contributed by atoms with Crippen LogP contribution in [0, 0.1) is 11.8 Å². The van der Waals surface area contributed by atoms with Gasteiger partial charge in [-0.3, -0.25) is 0 Å². The van der Waals surface area contributed by atoms with Crippen LogP contribution >= 0.6 is 0 Å². The Morgan fingerprint density at radius 2 is 1.92 bits per heavy atom. The summed E-state index contributed by atoms with van der Waals surface area (Å²) in [5.74, 6) is -0.674. The summed E-state index contributed by atoms with van der Waals surface area (Å²) >= 11 is 0. The maximum Gasteiger partial charge on any atom is 0.334 e. The lowest BCUT2D eigenvalue weighted by atomic mass is 9.80. The Morgan fingerprint density at radius 3 is 2.62 bits per heavy atom. The molecular weight excluding hydrogens is 304 g/mol. The van der Waals surface area contributed by atoms with E-state index in [0.29, 0.717) is 24.8 Å². The van der Waals surface area contributed by atoms with Crippen molar-refractivity contribution in [3.05, 3.63) is 35.5 Å². The molecule has 2 bridgehead atoms. The third kappa shape index (κ3) is 4.81. The molecule has 5 atom stereocenters. The van der Waals surface area contributed by atoms with Gasteiger partial charge in [-0.25, -0.2) is 4.79 Å². The number of allylic oxidation sites excluding steroid dienone is 2. The van der Waals surface area contributed by atoms with E-state index in [0.717, 1.165) is 24.0 Å². The molecule has 4 nitrogen and oxygen atoms in total. The Bertz CT molecular complexity index is 546. The first-order valence-corrected chi connectivity index (χ1v) is 8.86. The molecule has 4 heteroatoms. The van der Waals surface area contributed by atoms with Crippen LogP contribution in [0.1, 0.15) is 52.9 Å². The van der Waals surface area contributed by atoms with E-state index in [1.165, 1.54) is 0 Å². The maximum atomic E-state index is 12.1. The molecule has 0 saturated carbocycles. The summed E-state index contributed by atoms with van der Waals surface area (Å²) in [4.78, 5) is 12.1. The number of hydrogen-bond acceptors (Lipinski definition) is 4. The topological polar surface area (TPSA) is 66.8 Å². The van der Waals surface area contributed by atoms with E-state index in [2.05, 4.69) is 12.7 Å². The summed E-state index contributed by atoms with van der Waals surface area (Å²) in [5, 5.41) is 20.9. The van der Waals surface area contributed by atoms with Crippen molar-refractivity contribution in [2.24, 2.45) is 11.8 Å². The van der Waals surface area contributed by atoms with Crippen LogP contribution in [0.2, 0.25) is 0 Å². The fraction of sp³-hybridized carbons (Fsp3) is 0.650. The number of rotatable bonds is 0. The summed E-state index contributed by atoms with van der Waals surface area (Å²) in [6.45, 7) is 9.85. The van der Waals surface area contributed by atoms with Gasteiger partial charge < -0.3 is 14.9 Å². The van der Waals surface area contributed by atoms with Gasteiger partial charge in [-0.05, 0) is 51.9 Å². The van der Waals surface area contributed by atoms with Gasteiger partial charge in [0.2, 0.25) is 0 Å².